The van der Waals surface area contributed by atoms with Crippen LogP contribution in [-0.2, 0) is 4.74 Å². The fourth-order valence-electron chi connectivity index (χ4n) is 1.35. The predicted molar refractivity (Wildman–Crippen MR) is 63.4 cm³/mol. The van der Waals surface area contributed by atoms with Crippen LogP contribution in [0.3, 0.4) is 0 Å². The summed E-state index contributed by atoms with van der Waals surface area (Å²) in [5, 5.41) is 8.71. The molecule has 0 saturated carbocycles. The van der Waals surface area contributed by atoms with Crippen LogP contribution in [0.15, 0.2) is 12.4 Å². The summed E-state index contributed by atoms with van der Waals surface area (Å²) in [6.07, 6.45) is 2.74. The first-order valence-corrected chi connectivity index (χ1v) is 5.57. The molecule has 0 aliphatic rings. The van der Waals surface area contributed by atoms with Crippen LogP contribution in [0.1, 0.15) is 24.3 Å². The quantitative estimate of drug-likeness (QED) is 0.716. The number of carboxylic acid groups (broad SMARTS) is 1. The van der Waals surface area contributed by atoms with Crippen molar-refractivity contribution in [3.05, 3.63) is 18.1 Å². The summed E-state index contributed by atoms with van der Waals surface area (Å²) in [6.45, 7) is 6.73. The number of likely N-dealkylation sites (N-methyl/N-ethyl adjacent to an activating group) is 1. The molecule has 1 aromatic rings. The van der Waals surface area contributed by atoms with E-state index in [0.717, 1.165) is 6.54 Å². The Hall–Kier alpha value is -1.69. The maximum Gasteiger partial charge on any atom is 0.356 e. The summed E-state index contributed by atoms with van der Waals surface area (Å²) in [4.78, 5) is 20.5. The highest BCUT2D eigenvalue weighted by molar-refractivity contribution is 5.84. The summed E-state index contributed by atoms with van der Waals surface area (Å²) in [5.41, 5.74) is -0.0467. The molecular weight excluding hydrogens is 222 g/mol. The average Bonchev–Trinajstić information content (AvgIpc) is 2.35. The molecule has 0 atom stereocenters. The van der Waals surface area contributed by atoms with Crippen molar-refractivity contribution < 1.29 is 14.6 Å². The van der Waals surface area contributed by atoms with Crippen molar-refractivity contribution in [2.75, 3.05) is 31.2 Å². The molecule has 0 amide bonds. The average molecular weight is 239 g/mol. The van der Waals surface area contributed by atoms with Gasteiger partial charge in [-0.25, -0.2) is 14.8 Å². The van der Waals surface area contributed by atoms with Crippen LogP contribution >= 0.6 is 0 Å². The first-order valence-electron chi connectivity index (χ1n) is 5.57. The Morgan fingerprint density at radius 3 is 2.65 bits per heavy atom. The van der Waals surface area contributed by atoms with Crippen molar-refractivity contribution >= 4 is 11.8 Å². The molecule has 6 nitrogen and oxygen atoms in total. The second-order valence-electron chi connectivity index (χ2n) is 3.34. The lowest BCUT2D eigenvalue weighted by atomic mass is 10.4. The largest absolute Gasteiger partial charge is 0.476 e. The van der Waals surface area contributed by atoms with E-state index in [0.29, 0.717) is 25.6 Å². The zero-order valence-corrected chi connectivity index (χ0v) is 10.1. The third-order valence-corrected chi connectivity index (χ3v) is 2.27. The van der Waals surface area contributed by atoms with Crippen molar-refractivity contribution in [1.29, 1.82) is 0 Å². The summed E-state index contributed by atoms with van der Waals surface area (Å²) >= 11 is 0. The first-order chi connectivity index (χ1) is 8.19. The molecule has 0 aliphatic heterocycles. The van der Waals surface area contributed by atoms with Gasteiger partial charge in [-0.1, -0.05) is 0 Å². The van der Waals surface area contributed by atoms with E-state index in [-0.39, 0.29) is 5.69 Å². The molecule has 94 valence electrons. The van der Waals surface area contributed by atoms with Crippen molar-refractivity contribution in [3.8, 4) is 0 Å². The Balaban J connectivity index is 2.65. The molecule has 1 heterocycles. The summed E-state index contributed by atoms with van der Waals surface area (Å²) in [6, 6.07) is 0. The Kier molecular flexibility index (Phi) is 5.35. The molecule has 0 spiro atoms. The molecule has 6 heteroatoms. The lowest BCUT2D eigenvalue weighted by Crippen LogP contribution is -2.28. The highest BCUT2D eigenvalue weighted by atomic mass is 16.5. The van der Waals surface area contributed by atoms with Gasteiger partial charge in [-0.15, -0.1) is 0 Å². The summed E-state index contributed by atoms with van der Waals surface area (Å²) in [7, 11) is 0. The van der Waals surface area contributed by atoms with Gasteiger partial charge in [-0.05, 0) is 13.8 Å². The highest BCUT2D eigenvalue weighted by Crippen LogP contribution is 2.08. The molecule has 0 aromatic carbocycles. The SMILES string of the molecule is CCOCCN(CC)c1cnc(C(=O)O)cn1. The van der Waals surface area contributed by atoms with Gasteiger partial charge in [0.2, 0.25) is 0 Å². The van der Waals surface area contributed by atoms with Crippen molar-refractivity contribution in [1.82, 2.24) is 9.97 Å². The van der Waals surface area contributed by atoms with Crippen molar-refractivity contribution in [3.63, 3.8) is 0 Å². The number of carbonyl (C=O) groups is 1. The van der Waals surface area contributed by atoms with E-state index >= 15 is 0 Å². The van der Waals surface area contributed by atoms with Crippen LogP contribution in [0.2, 0.25) is 0 Å². The molecular formula is C11H17N3O3. The molecule has 0 saturated heterocycles. The number of nitrogens with zero attached hydrogens (tertiary/aromatic N) is 3. The molecule has 0 unspecified atom stereocenters. The second-order valence-corrected chi connectivity index (χ2v) is 3.34. The third kappa shape index (κ3) is 3.99. The maximum atomic E-state index is 10.6. The van der Waals surface area contributed by atoms with Crippen LogP contribution in [0.4, 0.5) is 5.82 Å². The highest BCUT2D eigenvalue weighted by Gasteiger charge is 2.09. The van der Waals surface area contributed by atoms with Gasteiger partial charge in [-0.2, -0.15) is 0 Å². The molecule has 1 aromatic heterocycles. The van der Waals surface area contributed by atoms with Crippen LogP contribution < -0.4 is 4.90 Å². The lowest BCUT2D eigenvalue weighted by Gasteiger charge is -2.21. The number of aromatic carboxylic acids is 1. The van der Waals surface area contributed by atoms with Crippen molar-refractivity contribution in [2.45, 2.75) is 13.8 Å². The van der Waals surface area contributed by atoms with Gasteiger partial charge >= 0.3 is 5.97 Å². The van der Waals surface area contributed by atoms with E-state index in [9.17, 15) is 4.79 Å². The minimum Gasteiger partial charge on any atom is -0.476 e. The molecule has 0 aliphatic carbocycles. The summed E-state index contributed by atoms with van der Waals surface area (Å²) in [5.74, 6) is -0.404. The van der Waals surface area contributed by atoms with Crippen molar-refractivity contribution in [2.24, 2.45) is 0 Å². The zero-order chi connectivity index (χ0) is 12.7. The molecule has 0 fully saturated rings. The number of rotatable bonds is 7. The van der Waals surface area contributed by atoms with E-state index in [4.69, 9.17) is 9.84 Å². The van der Waals surface area contributed by atoms with Gasteiger partial charge in [0.25, 0.3) is 0 Å². The molecule has 0 bridgehead atoms. The molecule has 1 N–H and O–H groups in total. The minimum absolute atomic E-state index is 0.0467. The molecule has 0 radical (unpaired) electrons. The monoisotopic (exact) mass is 239 g/mol. The normalized spacial score (nSPS) is 10.2. The van der Waals surface area contributed by atoms with E-state index in [1.807, 2.05) is 18.7 Å². The molecule has 1 rings (SSSR count). The topological polar surface area (TPSA) is 75.5 Å². The van der Waals surface area contributed by atoms with Gasteiger partial charge < -0.3 is 14.7 Å². The molecule has 17 heavy (non-hydrogen) atoms. The third-order valence-electron chi connectivity index (χ3n) is 2.27. The lowest BCUT2D eigenvalue weighted by molar-refractivity contribution is 0.0690. The van der Waals surface area contributed by atoms with E-state index in [2.05, 4.69) is 9.97 Å². The number of carboxylic acids is 1. The number of hydrogen-bond acceptors (Lipinski definition) is 5. The zero-order valence-electron chi connectivity index (χ0n) is 10.1. The van der Waals surface area contributed by atoms with Gasteiger partial charge in [0.15, 0.2) is 5.69 Å². The van der Waals surface area contributed by atoms with E-state index in [1.54, 1.807) is 0 Å². The number of anilines is 1. The van der Waals surface area contributed by atoms with Gasteiger partial charge in [0.1, 0.15) is 5.82 Å². The van der Waals surface area contributed by atoms with Gasteiger partial charge in [-0.3, -0.25) is 0 Å². The fraction of sp³-hybridized carbons (Fsp3) is 0.545. The van der Waals surface area contributed by atoms with Gasteiger partial charge in [0, 0.05) is 19.7 Å². The smallest absolute Gasteiger partial charge is 0.356 e. The number of hydrogen-bond donors (Lipinski definition) is 1. The van der Waals surface area contributed by atoms with E-state index in [1.165, 1.54) is 12.4 Å². The number of aromatic nitrogens is 2. The van der Waals surface area contributed by atoms with Crippen LogP contribution in [0, 0.1) is 0 Å². The standard InChI is InChI=1S/C11H17N3O3/c1-3-14(5-6-17-4-2)10-8-12-9(7-13-10)11(15)16/h7-8H,3-6H2,1-2H3,(H,15,16). The fourth-order valence-corrected chi connectivity index (χ4v) is 1.35. The second kappa shape index (κ2) is 6.80. The van der Waals surface area contributed by atoms with E-state index < -0.39 is 5.97 Å². The number of ether oxygens (including phenoxy) is 1. The Labute approximate surface area is 100 Å². The summed E-state index contributed by atoms with van der Waals surface area (Å²) < 4.78 is 5.27. The van der Waals surface area contributed by atoms with Crippen LogP contribution in [-0.4, -0.2) is 47.3 Å². The van der Waals surface area contributed by atoms with Crippen LogP contribution in [0.25, 0.3) is 0 Å². The predicted octanol–water partition coefficient (Wildman–Crippen LogP) is 1.04. The minimum atomic E-state index is -1.07. The Morgan fingerprint density at radius 1 is 1.41 bits per heavy atom. The Morgan fingerprint density at radius 2 is 2.18 bits per heavy atom. The van der Waals surface area contributed by atoms with Gasteiger partial charge in [0.05, 0.1) is 19.0 Å². The Bertz CT molecular complexity index is 353. The first kappa shape index (κ1) is 13.4. The van der Waals surface area contributed by atoms with Crippen LogP contribution in [0.5, 0.6) is 0 Å². The maximum absolute atomic E-state index is 10.6.